The monoisotopic (exact) mass is 360 g/mol. The first kappa shape index (κ1) is 18.7. The van der Waals surface area contributed by atoms with Crippen molar-refractivity contribution in [3.8, 4) is 0 Å². The summed E-state index contributed by atoms with van der Waals surface area (Å²) < 4.78 is 5.16. The normalized spacial score (nSPS) is 11.4. The maximum atomic E-state index is 12.0. The third-order valence-corrected chi connectivity index (χ3v) is 4.19. The Labute approximate surface area is 150 Å². The first-order chi connectivity index (χ1) is 11.9. The highest BCUT2D eigenvalue weighted by atomic mass is 32.1. The maximum absolute atomic E-state index is 12.0. The summed E-state index contributed by atoms with van der Waals surface area (Å²) in [5.74, 6) is -0.969. The van der Waals surface area contributed by atoms with Gasteiger partial charge in [-0.05, 0) is 36.1 Å². The van der Waals surface area contributed by atoms with Gasteiger partial charge in [-0.15, -0.1) is 11.3 Å². The Bertz CT molecular complexity index is 726. The Morgan fingerprint density at radius 2 is 1.88 bits per heavy atom. The van der Waals surface area contributed by atoms with E-state index in [-0.39, 0.29) is 18.2 Å². The van der Waals surface area contributed by atoms with E-state index in [1.165, 1.54) is 6.92 Å². The molecule has 0 radical (unpaired) electrons. The number of amides is 2. The molecule has 1 aromatic carbocycles. The quantitative estimate of drug-likeness (QED) is 0.743. The van der Waals surface area contributed by atoms with Gasteiger partial charge in [-0.1, -0.05) is 18.2 Å². The van der Waals surface area contributed by atoms with Crippen molar-refractivity contribution in [1.82, 2.24) is 5.32 Å². The lowest BCUT2D eigenvalue weighted by Gasteiger charge is -2.13. The second kappa shape index (κ2) is 8.98. The minimum Gasteiger partial charge on any atom is -0.452 e. The van der Waals surface area contributed by atoms with Crippen molar-refractivity contribution in [2.75, 3.05) is 5.32 Å². The number of nitrogens with one attached hydrogen (secondary N) is 2. The number of esters is 1. The van der Waals surface area contributed by atoms with Crippen molar-refractivity contribution in [3.63, 3.8) is 0 Å². The van der Waals surface area contributed by atoms with E-state index in [2.05, 4.69) is 10.6 Å². The highest BCUT2D eigenvalue weighted by molar-refractivity contribution is 7.09. The molecule has 2 aromatic rings. The van der Waals surface area contributed by atoms with E-state index in [0.29, 0.717) is 12.2 Å². The van der Waals surface area contributed by atoms with E-state index in [9.17, 15) is 14.4 Å². The van der Waals surface area contributed by atoms with Gasteiger partial charge in [0.1, 0.15) is 0 Å². The Morgan fingerprint density at radius 3 is 2.48 bits per heavy atom. The summed E-state index contributed by atoms with van der Waals surface area (Å²) in [7, 11) is 0. The number of benzene rings is 1. The minimum atomic E-state index is -0.855. The molecule has 0 aliphatic rings. The first-order valence-corrected chi connectivity index (χ1v) is 8.68. The van der Waals surface area contributed by atoms with Gasteiger partial charge >= 0.3 is 5.97 Å². The van der Waals surface area contributed by atoms with Crippen LogP contribution < -0.4 is 10.6 Å². The minimum absolute atomic E-state index is 0.0584. The molecule has 0 saturated heterocycles. The SMILES string of the molecule is CC(=O)Nc1ccc(CC(=O)O[C@@H](C)C(=O)NCc2cccs2)cc1. The average Bonchev–Trinajstić information content (AvgIpc) is 3.07. The van der Waals surface area contributed by atoms with Crippen LogP contribution in [-0.4, -0.2) is 23.9 Å². The van der Waals surface area contributed by atoms with Gasteiger partial charge < -0.3 is 15.4 Å². The summed E-state index contributed by atoms with van der Waals surface area (Å²) in [6.45, 7) is 3.39. The van der Waals surface area contributed by atoms with Gasteiger partial charge in [0, 0.05) is 17.5 Å². The maximum Gasteiger partial charge on any atom is 0.311 e. The summed E-state index contributed by atoms with van der Waals surface area (Å²) in [6.07, 6.45) is -0.797. The molecule has 0 fully saturated rings. The molecule has 0 bridgehead atoms. The third-order valence-electron chi connectivity index (χ3n) is 3.32. The van der Waals surface area contributed by atoms with Crippen LogP contribution in [0.1, 0.15) is 24.3 Å². The van der Waals surface area contributed by atoms with Crippen molar-refractivity contribution in [2.45, 2.75) is 32.9 Å². The molecule has 0 unspecified atom stereocenters. The highest BCUT2D eigenvalue weighted by Gasteiger charge is 2.17. The predicted octanol–water partition coefficient (Wildman–Crippen LogP) is 2.50. The lowest BCUT2D eigenvalue weighted by atomic mass is 10.1. The fraction of sp³-hybridized carbons (Fsp3) is 0.278. The van der Waals surface area contributed by atoms with Gasteiger partial charge in [-0.3, -0.25) is 14.4 Å². The molecule has 7 heteroatoms. The van der Waals surface area contributed by atoms with E-state index in [1.54, 1.807) is 42.5 Å². The van der Waals surface area contributed by atoms with Crippen LogP contribution in [0.15, 0.2) is 41.8 Å². The van der Waals surface area contributed by atoms with Crippen molar-refractivity contribution < 1.29 is 19.1 Å². The van der Waals surface area contributed by atoms with Gasteiger partial charge in [0.05, 0.1) is 13.0 Å². The smallest absolute Gasteiger partial charge is 0.311 e. The zero-order valence-corrected chi connectivity index (χ0v) is 14.9. The fourth-order valence-electron chi connectivity index (χ4n) is 2.10. The van der Waals surface area contributed by atoms with Gasteiger partial charge in [-0.2, -0.15) is 0 Å². The topological polar surface area (TPSA) is 84.5 Å². The second-order valence-electron chi connectivity index (χ2n) is 5.48. The molecule has 2 amide bonds. The summed E-state index contributed by atoms with van der Waals surface area (Å²) in [6, 6.07) is 10.7. The molecular formula is C18H20N2O4S. The van der Waals surface area contributed by atoms with Gasteiger partial charge in [0.15, 0.2) is 6.10 Å². The molecule has 0 aliphatic heterocycles. The van der Waals surface area contributed by atoms with Crippen molar-refractivity contribution >= 4 is 34.8 Å². The molecular weight excluding hydrogens is 340 g/mol. The Kier molecular flexibility index (Phi) is 6.71. The summed E-state index contributed by atoms with van der Waals surface area (Å²) >= 11 is 1.55. The number of rotatable bonds is 7. The lowest BCUT2D eigenvalue weighted by molar-refractivity contribution is -0.154. The van der Waals surface area contributed by atoms with Gasteiger partial charge in [0.25, 0.3) is 5.91 Å². The molecule has 2 rings (SSSR count). The highest BCUT2D eigenvalue weighted by Crippen LogP contribution is 2.11. The Balaban J connectivity index is 1.78. The molecule has 1 heterocycles. The molecule has 0 aliphatic carbocycles. The van der Waals surface area contributed by atoms with E-state index in [0.717, 1.165) is 10.4 Å². The Morgan fingerprint density at radius 1 is 1.16 bits per heavy atom. The van der Waals surface area contributed by atoms with E-state index < -0.39 is 12.1 Å². The number of ether oxygens (including phenoxy) is 1. The van der Waals surface area contributed by atoms with Crippen molar-refractivity contribution in [1.29, 1.82) is 0 Å². The largest absolute Gasteiger partial charge is 0.452 e. The van der Waals surface area contributed by atoms with Crippen LogP contribution in [0.2, 0.25) is 0 Å². The fourth-order valence-corrected chi connectivity index (χ4v) is 2.74. The summed E-state index contributed by atoms with van der Waals surface area (Å²) in [5.41, 5.74) is 1.40. The second-order valence-corrected chi connectivity index (χ2v) is 6.52. The number of hydrogen-bond acceptors (Lipinski definition) is 5. The van der Waals surface area contributed by atoms with Crippen molar-refractivity contribution in [2.24, 2.45) is 0 Å². The summed E-state index contributed by atoms with van der Waals surface area (Å²) in [4.78, 5) is 35.9. The molecule has 0 saturated carbocycles. The van der Waals surface area contributed by atoms with Crippen LogP contribution in [0.4, 0.5) is 5.69 Å². The van der Waals surface area contributed by atoms with Crippen LogP contribution in [0, 0.1) is 0 Å². The van der Waals surface area contributed by atoms with E-state index >= 15 is 0 Å². The first-order valence-electron chi connectivity index (χ1n) is 7.80. The Hall–Kier alpha value is -2.67. The van der Waals surface area contributed by atoms with Gasteiger partial charge in [-0.25, -0.2) is 0 Å². The zero-order chi connectivity index (χ0) is 18.2. The summed E-state index contributed by atoms with van der Waals surface area (Å²) in [5, 5.41) is 7.32. The molecule has 25 heavy (non-hydrogen) atoms. The van der Waals surface area contributed by atoms with Crippen LogP contribution in [0.25, 0.3) is 0 Å². The molecule has 1 aromatic heterocycles. The molecule has 132 valence electrons. The van der Waals surface area contributed by atoms with Crippen LogP contribution in [0.5, 0.6) is 0 Å². The molecule has 0 spiro atoms. The number of carbonyl (C=O) groups excluding carboxylic acids is 3. The number of carbonyl (C=O) groups is 3. The van der Waals surface area contributed by atoms with Crippen LogP contribution in [0.3, 0.4) is 0 Å². The number of thiophene rings is 1. The van der Waals surface area contributed by atoms with Crippen molar-refractivity contribution in [3.05, 3.63) is 52.2 Å². The third kappa shape index (κ3) is 6.39. The zero-order valence-electron chi connectivity index (χ0n) is 14.1. The van der Waals surface area contributed by atoms with Crippen LogP contribution in [-0.2, 0) is 32.1 Å². The predicted molar refractivity (Wildman–Crippen MR) is 96.2 cm³/mol. The number of anilines is 1. The average molecular weight is 360 g/mol. The van der Waals surface area contributed by atoms with E-state index in [4.69, 9.17) is 4.74 Å². The van der Waals surface area contributed by atoms with E-state index in [1.807, 2.05) is 17.5 Å². The molecule has 6 nitrogen and oxygen atoms in total. The number of hydrogen-bond donors (Lipinski definition) is 2. The lowest BCUT2D eigenvalue weighted by Crippen LogP contribution is -2.35. The molecule has 2 N–H and O–H groups in total. The van der Waals surface area contributed by atoms with Crippen LogP contribution >= 0.6 is 11.3 Å². The standard InChI is InChI=1S/C18H20N2O4S/c1-12(18(23)19-11-16-4-3-9-25-16)24-17(22)10-14-5-7-15(8-6-14)20-13(2)21/h3-9,12H,10-11H2,1-2H3,(H,19,23)(H,20,21)/t12-/m0/s1. The van der Waals surface area contributed by atoms with Gasteiger partial charge in [0.2, 0.25) is 5.91 Å². The molecule has 1 atom stereocenters.